The summed E-state index contributed by atoms with van der Waals surface area (Å²) in [5.74, 6) is -0.896. The topological polar surface area (TPSA) is 99.5 Å². The van der Waals surface area contributed by atoms with E-state index >= 15 is 0 Å². The zero-order chi connectivity index (χ0) is 26.3. The van der Waals surface area contributed by atoms with Gasteiger partial charge in [0, 0.05) is 37.5 Å². The van der Waals surface area contributed by atoms with Gasteiger partial charge in [-0.3, -0.25) is 14.5 Å². The number of ether oxygens (including phenoxy) is 2. The van der Waals surface area contributed by atoms with E-state index in [9.17, 15) is 19.8 Å². The van der Waals surface area contributed by atoms with Crippen LogP contribution in [-0.2, 0) is 16.0 Å². The van der Waals surface area contributed by atoms with Crippen molar-refractivity contribution in [2.45, 2.75) is 19.4 Å². The third-order valence-corrected chi connectivity index (χ3v) is 6.65. The number of benzene rings is 3. The lowest BCUT2D eigenvalue weighted by Gasteiger charge is -2.26. The van der Waals surface area contributed by atoms with Gasteiger partial charge >= 0.3 is 0 Å². The fourth-order valence-corrected chi connectivity index (χ4v) is 4.79. The zero-order valence-electron chi connectivity index (χ0n) is 20.9. The molecule has 2 aliphatic rings. The van der Waals surface area contributed by atoms with E-state index in [1.807, 2.05) is 31.1 Å². The van der Waals surface area contributed by atoms with Crippen molar-refractivity contribution in [1.29, 1.82) is 0 Å². The Bertz CT molecular complexity index is 1410. The van der Waals surface area contributed by atoms with Crippen molar-refractivity contribution in [1.82, 2.24) is 0 Å². The Hall–Kier alpha value is -4.46. The minimum atomic E-state index is -0.936. The number of carbonyl (C=O) groups is 2. The minimum Gasteiger partial charge on any atom is -0.507 e. The van der Waals surface area contributed by atoms with Gasteiger partial charge in [0.05, 0.1) is 24.8 Å². The second kappa shape index (κ2) is 9.54. The molecule has 1 saturated heterocycles. The first-order chi connectivity index (χ1) is 17.8. The highest BCUT2D eigenvalue weighted by Gasteiger charge is 2.47. The number of amides is 1. The summed E-state index contributed by atoms with van der Waals surface area (Å²) < 4.78 is 11.1. The van der Waals surface area contributed by atoms with Crippen LogP contribution in [0.4, 0.5) is 11.4 Å². The Kier molecular flexibility index (Phi) is 6.25. The first-order valence-corrected chi connectivity index (χ1v) is 12.1. The molecule has 1 atom stereocenters. The van der Waals surface area contributed by atoms with Gasteiger partial charge in [0.25, 0.3) is 11.7 Å². The normalized spacial score (nSPS) is 18.0. The molecule has 1 fully saturated rings. The number of hydrogen-bond acceptors (Lipinski definition) is 7. The first kappa shape index (κ1) is 24.2. The van der Waals surface area contributed by atoms with Crippen LogP contribution < -0.4 is 19.3 Å². The summed E-state index contributed by atoms with van der Waals surface area (Å²) in [5, 5.41) is 21.7. The molecule has 1 unspecified atom stereocenters. The lowest BCUT2D eigenvalue weighted by molar-refractivity contribution is -0.132. The molecule has 2 aliphatic heterocycles. The molecule has 3 aromatic rings. The summed E-state index contributed by atoms with van der Waals surface area (Å²) >= 11 is 0. The van der Waals surface area contributed by atoms with Gasteiger partial charge in [0.2, 0.25) is 0 Å². The monoisotopic (exact) mass is 500 g/mol. The van der Waals surface area contributed by atoms with E-state index in [0.717, 1.165) is 17.0 Å². The van der Waals surface area contributed by atoms with Crippen LogP contribution in [0.3, 0.4) is 0 Å². The Morgan fingerprint density at radius 3 is 2.54 bits per heavy atom. The maximum Gasteiger partial charge on any atom is 0.300 e. The predicted octanol–water partition coefficient (Wildman–Crippen LogP) is 4.42. The molecule has 0 aliphatic carbocycles. The molecule has 37 heavy (non-hydrogen) atoms. The SMILES string of the molecule is CCOc1cc(C2/C(=C(\O)c3ccc4c(c3)CCO4)C(=O)C(=O)N2c2ccc(N(C)C)cc2)ccc1O. The highest BCUT2D eigenvalue weighted by atomic mass is 16.5. The molecule has 8 nitrogen and oxygen atoms in total. The summed E-state index contributed by atoms with van der Waals surface area (Å²) in [6, 6.07) is 16.2. The molecule has 3 aromatic carbocycles. The van der Waals surface area contributed by atoms with Gasteiger partial charge in [0.15, 0.2) is 11.5 Å². The van der Waals surface area contributed by atoms with Gasteiger partial charge in [-0.15, -0.1) is 0 Å². The molecule has 1 amide bonds. The number of rotatable bonds is 6. The Labute approximate surface area is 215 Å². The number of aliphatic hydroxyl groups is 1. The highest BCUT2D eigenvalue weighted by Crippen LogP contribution is 2.44. The van der Waals surface area contributed by atoms with E-state index in [2.05, 4.69) is 0 Å². The van der Waals surface area contributed by atoms with Crippen molar-refractivity contribution in [3.63, 3.8) is 0 Å². The van der Waals surface area contributed by atoms with Crippen molar-refractivity contribution >= 4 is 28.8 Å². The Balaban J connectivity index is 1.69. The fourth-order valence-electron chi connectivity index (χ4n) is 4.79. The van der Waals surface area contributed by atoms with E-state index in [4.69, 9.17) is 9.47 Å². The van der Waals surface area contributed by atoms with Crippen LogP contribution in [0.5, 0.6) is 17.2 Å². The maximum atomic E-state index is 13.5. The number of aromatic hydroxyl groups is 1. The largest absolute Gasteiger partial charge is 0.507 e. The van der Waals surface area contributed by atoms with Crippen LogP contribution >= 0.6 is 0 Å². The standard InChI is InChI=1S/C29H28N2O6/c1-4-36-24-16-18(5-11-22(24)32)26-25(27(33)19-6-12-23-17(15-19)13-14-37-23)28(34)29(35)31(26)21-9-7-20(8-10-21)30(2)3/h5-12,15-16,26,32-33H,4,13-14H2,1-3H3/b27-25+. The summed E-state index contributed by atoms with van der Waals surface area (Å²) in [6.45, 7) is 2.67. The third kappa shape index (κ3) is 4.24. The number of fused-ring (bicyclic) bond motifs is 1. The molecule has 0 saturated carbocycles. The van der Waals surface area contributed by atoms with Gasteiger partial charge < -0.3 is 24.6 Å². The van der Waals surface area contributed by atoms with Gasteiger partial charge in [-0.1, -0.05) is 6.07 Å². The lowest BCUT2D eigenvalue weighted by atomic mass is 9.94. The van der Waals surface area contributed by atoms with Crippen molar-refractivity contribution in [2.24, 2.45) is 0 Å². The number of Topliss-reactive ketones (excluding diaryl/α,β-unsaturated/α-hetero) is 1. The molecular formula is C29H28N2O6. The zero-order valence-corrected chi connectivity index (χ0v) is 20.9. The Morgan fingerprint density at radius 1 is 1.08 bits per heavy atom. The molecule has 8 heteroatoms. The average molecular weight is 501 g/mol. The maximum absolute atomic E-state index is 13.5. The number of phenols is 1. The number of ketones is 1. The summed E-state index contributed by atoms with van der Waals surface area (Å²) in [4.78, 5) is 30.2. The van der Waals surface area contributed by atoms with Crippen LogP contribution in [0.2, 0.25) is 0 Å². The number of phenolic OH excluding ortho intramolecular Hbond substituents is 1. The summed E-state index contributed by atoms with van der Waals surface area (Å²) in [6.07, 6.45) is 0.697. The number of aliphatic hydroxyl groups excluding tert-OH is 1. The van der Waals surface area contributed by atoms with E-state index in [-0.39, 0.29) is 22.8 Å². The summed E-state index contributed by atoms with van der Waals surface area (Å²) in [5.41, 5.74) is 3.28. The first-order valence-electron chi connectivity index (χ1n) is 12.1. The molecule has 0 aromatic heterocycles. The fraction of sp³-hybridized carbons (Fsp3) is 0.241. The molecule has 0 bridgehead atoms. The second-order valence-electron chi connectivity index (χ2n) is 9.16. The number of anilines is 2. The van der Waals surface area contributed by atoms with E-state index in [0.29, 0.717) is 36.4 Å². The average Bonchev–Trinajstić information content (AvgIpc) is 3.47. The molecule has 190 valence electrons. The molecule has 2 heterocycles. The van der Waals surface area contributed by atoms with E-state index in [1.165, 1.54) is 11.0 Å². The van der Waals surface area contributed by atoms with Crippen LogP contribution in [0.25, 0.3) is 5.76 Å². The molecule has 5 rings (SSSR count). The van der Waals surface area contributed by atoms with Crippen molar-refractivity contribution in [3.8, 4) is 17.2 Å². The number of carbonyl (C=O) groups excluding carboxylic acids is 2. The summed E-state index contributed by atoms with van der Waals surface area (Å²) in [7, 11) is 3.82. The third-order valence-electron chi connectivity index (χ3n) is 6.65. The predicted molar refractivity (Wildman–Crippen MR) is 140 cm³/mol. The second-order valence-corrected chi connectivity index (χ2v) is 9.16. The minimum absolute atomic E-state index is 0.0336. The van der Waals surface area contributed by atoms with Crippen LogP contribution in [0, 0.1) is 0 Å². The number of hydrogen-bond donors (Lipinski definition) is 2. The van der Waals surface area contributed by atoms with Crippen LogP contribution in [0.1, 0.15) is 29.7 Å². The molecule has 0 spiro atoms. The Morgan fingerprint density at radius 2 is 1.84 bits per heavy atom. The molecule has 2 N–H and O–H groups in total. The van der Waals surface area contributed by atoms with Crippen LogP contribution in [0.15, 0.2) is 66.2 Å². The highest BCUT2D eigenvalue weighted by molar-refractivity contribution is 6.51. The van der Waals surface area contributed by atoms with Gasteiger partial charge in [-0.2, -0.15) is 0 Å². The van der Waals surface area contributed by atoms with E-state index < -0.39 is 17.7 Å². The quantitative estimate of drug-likeness (QED) is 0.294. The van der Waals surface area contributed by atoms with E-state index in [1.54, 1.807) is 49.4 Å². The van der Waals surface area contributed by atoms with Crippen molar-refractivity contribution in [2.75, 3.05) is 37.1 Å². The van der Waals surface area contributed by atoms with Crippen LogP contribution in [-0.4, -0.2) is 49.2 Å². The van der Waals surface area contributed by atoms with Gasteiger partial charge in [-0.25, -0.2) is 0 Å². The number of nitrogens with zero attached hydrogens (tertiary/aromatic N) is 2. The molecule has 0 radical (unpaired) electrons. The van der Waals surface area contributed by atoms with Gasteiger partial charge in [0.1, 0.15) is 11.5 Å². The van der Waals surface area contributed by atoms with Crippen molar-refractivity contribution in [3.05, 3.63) is 82.9 Å². The van der Waals surface area contributed by atoms with Gasteiger partial charge in [-0.05, 0) is 72.6 Å². The smallest absolute Gasteiger partial charge is 0.300 e. The lowest BCUT2D eigenvalue weighted by Crippen LogP contribution is -2.29. The molecular weight excluding hydrogens is 472 g/mol. The van der Waals surface area contributed by atoms with Crippen molar-refractivity contribution < 1.29 is 29.3 Å².